The molecule has 1 aliphatic heterocycles. The van der Waals surface area contributed by atoms with Gasteiger partial charge in [0.1, 0.15) is 5.82 Å². The highest BCUT2D eigenvalue weighted by Gasteiger charge is 2.25. The number of thioether (sulfide) groups is 1. The largest absolute Gasteiger partial charge is 0.399 e. The van der Waals surface area contributed by atoms with Crippen LogP contribution in [0.4, 0.5) is 10.1 Å². The van der Waals surface area contributed by atoms with E-state index < -0.39 is 0 Å². The zero-order chi connectivity index (χ0) is 10.8. The van der Waals surface area contributed by atoms with Gasteiger partial charge in [0.15, 0.2) is 0 Å². The number of halogens is 1. The second-order valence-electron chi connectivity index (χ2n) is 3.71. The molecule has 0 aromatic heterocycles. The molecule has 4 heteroatoms. The normalized spacial score (nSPS) is 25.7. The van der Waals surface area contributed by atoms with Crippen molar-refractivity contribution >= 4 is 17.4 Å². The molecule has 0 saturated carbocycles. The summed E-state index contributed by atoms with van der Waals surface area (Å²) in [6, 6.07) is 4.83. The second-order valence-corrected chi connectivity index (χ2v) is 4.99. The summed E-state index contributed by atoms with van der Waals surface area (Å²) in [6.07, 6.45) is 1.18. The quantitative estimate of drug-likeness (QED) is 0.789. The van der Waals surface area contributed by atoms with E-state index in [1.807, 2.05) is 6.92 Å². The maximum absolute atomic E-state index is 13.5. The molecule has 1 fully saturated rings. The van der Waals surface area contributed by atoms with E-state index >= 15 is 0 Å². The van der Waals surface area contributed by atoms with Gasteiger partial charge in [-0.25, -0.2) is 4.39 Å². The van der Waals surface area contributed by atoms with Crippen molar-refractivity contribution in [2.24, 2.45) is 0 Å². The number of rotatable bonds is 2. The number of benzene rings is 1. The molecule has 2 atom stereocenters. The van der Waals surface area contributed by atoms with Crippen molar-refractivity contribution in [1.82, 2.24) is 0 Å². The Balaban J connectivity index is 2.10. The Morgan fingerprint density at radius 3 is 2.93 bits per heavy atom. The van der Waals surface area contributed by atoms with E-state index in [0.717, 1.165) is 13.0 Å². The first kappa shape index (κ1) is 10.8. The minimum absolute atomic E-state index is 0.201. The van der Waals surface area contributed by atoms with Gasteiger partial charge in [-0.1, -0.05) is 0 Å². The fraction of sp³-hybridized carbons (Fsp3) is 0.455. The van der Waals surface area contributed by atoms with Gasteiger partial charge in [-0.2, -0.15) is 0 Å². The molecule has 0 aliphatic carbocycles. The Hall–Kier alpha value is -0.740. The monoisotopic (exact) mass is 227 g/mol. The number of nitrogen functional groups attached to an aromatic ring is 1. The molecule has 0 bridgehead atoms. The van der Waals surface area contributed by atoms with Crippen LogP contribution >= 0.6 is 11.8 Å². The summed E-state index contributed by atoms with van der Waals surface area (Å²) in [5.41, 5.74) is 5.95. The first-order chi connectivity index (χ1) is 7.16. The Morgan fingerprint density at radius 2 is 2.33 bits per heavy atom. The van der Waals surface area contributed by atoms with E-state index in [1.165, 1.54) is 17.8 Å². The Morgan fingerprint density at radius 1 is 1.53 bits per heavy atom. The summed E-state index contributed by atoms with van der Waals surface area (Å²) in [6.45, 7) is 2.80. The lowest BCUT2D eigenvalue weighted by molar-refractivity contribution is 0.127. The van der Waals surface area contributed by atoms with Crippen molar-refractivity contribution in [3.05, 3.63) is 24.0 Å². The fourth-order valence-corrected chi connectivity index (χ4v) is 2.77. The van der Waals surface area contributed by atoms with Crippen LogP contribution < -0.4 is 5.73 Å². The van der Waals surface area contributed by atoms with Crippen LogP contribution in [0.3, 0.4) is 0 Å². The molecule has 15 heavy (non-hydrogen) atoms. The van der Waals surface area contributed by atoms with E-state index in [4.69, 9.17) is 10.5 Å². The Kier molecular flexibility index (Phi) is 3.17. The smallest absolute Gasteiger partial charge is 0.138 e. The van der Waals surface area contributed by atoms with Gasteiger partial charge in [0.25, 0.3) is 0 Å². The average molecular weight is 227 g/mol. The van der Waals surface area contributed by atoms with Gasteiger partial charge in [-0.3, -0.25) is 0 Å². The lowest BCUT2D eigenvalue weighted by Crippen LogP contribution is -2.13. The molecule has 1 aliphatic rings. The molecule has 1 aromatic carbocycles. The maximum atomic E-state index is 13.5. The predicted octanol–water partition coefficient (Wildman–Crippen LogP) is 2.68. The lowest BCUT2D eigenvalue weighted by atomic mass is 10.3. The van der Waals surface area contributed by atoms with Gasteiger partial charge in [-0.15, -0.1) is 11.8 Å². The number of anilines is 1. The van der Waals surface area contributed by atoms with Crippen LogP contribution in [0.1, 0.15) is 13.3 Å². The third kappa shape index (κ3) is 2.44. The molecule has 0 amide bonds. The van der Waals surface area contributed by atoms with E-state index in [0.29, 0.717) is 15.8 Å². The zero-order valence-corrected chi connectivity index (χ0v) is 9.39. The Bertz CT molecular complexity index is 358. The van der Waals surface area contributed by atoms with Crippen LogP contribution in [0.5, 0.6) is 0 Å². The van der Waals surface area contributed by atoms with Crippen LogP contribution in [0.25, 0.3) is 0 Å². The summed E-state index contributed by atoms with van der Waals surface area (Å²) in [5, 5.41) is 0.350. The van der Waals surface area contributed by atoms with Crippen LogP contribution in [0.2, 0.25) is 0 Å². The second kappa shape index (κ2) is 4.41. The maximum Gasteiger partial charge on any atom is 0.138 e. The van der Waals surface area contributed by atoms with E-state index in [2.05, 4.69) is 0 Å². The van der Waals surface area contributed by atoms with Crippen molar-refractivity contribution in [2.75, 3.05) is 12.3 Å². The van der Waals surface area contributed by atoms with Gasteiger partial charge in [0, 0.05) is 22.4 Å². The summed E-state index contributed by atoms with van der Waals surface area (Å²) in [5.74, 6) is -0.237. The number of hydrogen-bond donors (Lipinski definition) is 1. The van der Waals surface area contributed by atoms with Crippen molar-refractivity contribution in [2.45, 2.75) is 29.6 Å². The third-order valence-electron chi connectivity index (χ3n) is 2.54. The van der Waals surface area contributed by atoms with Crippen LogP contribution in [-0.2, 0) is 4.74 Å². The first-order valence-corrected chi connectivity index (χ1v) is 5.88. The number of ether oxygens (including phenoxy) is 1. The SMILES string of the molecule is CC1OCCC1Sc1ccc(N)cc1F. The molecule has 0 radical (unpaired) electrons. The van der Waals surface area contributed by atoms with Crippen molar-refractivity contribution < 1.29 is 9.13 Å². The molecule has 82 valence electrons. The highest BCUT2D eigenvalue weighted by molar-refractivity contribution is 8.00. The molecule has 1 aromatic rings. The van der Waals surface area contributed by atoms with Gasteiger partial charge < -0.3 is 10.5 Å². The fourth-order valence-electron chi connectivity index (χ4n) is 1.64. The highest BCUT2D eigenvalue weighted by Crippen LogP contribution is 2.34. The number of hydrogen-bond acceptors (Lipinski definition) is 3. The highest BCUT2D eigenvalue weighted by atomic mass is 32.2. The van der Waals surface area contributed by atoms with Crippen LogP contribution in [-0.4, -0.2) is 18.0 Å². The molecular formula is C11H14FNOS. The zero-order valence-electron chi connectivity index (χ0n) is 8.57. The number of nitrogens with two attached hydrogens (primary N) is 1. The standard InChI is InChI=1S/C11H14FNOS/c1-7-10(4-5-14-7)15-11-3-2-8(13)6-9(11)12/h2-3,6-7,10H,4-5,13H2,1H3. The van der Waals surface area contributed by atoms with Crippen LogP contribution in [0.15, 0.2) is 23.1 Å². The molecule has 1 heterocycles. The van der Waals surface area contributed by atoms with Gasteiger partial charge >= 0.3 is 0 Å². The summed E-state index contributed by atoms with van der Waals surface area (Å²) >= 11 is 1.54. The Labute approximate surface area is 93.0 Å². The molecule has 2 rings (SSSR count). The summed E-state index contributed by atoms with van der Waals surface area (Å²) in [7, 11) is 0. The minimum atomic E-state index is -0.237. The van der Waals surface area contributed by atoms with E-state index in [1.54, 1.807) is 12.1 Å². The van der Waals surface area contributed by atoms with Crippen molar-refractivity contribution in [3.63, 3.8) is 0 Å². The summed E-state index contributed by atoms with van der Waals surface area (Å²) in [4.78, 5) is 0.659. The molecule has 2 nitrogen and oxygen atoms in total. The summed E-state index contributed by atoms with van der Waals surface area (Å²) < 4.78 is 18.9. The molecule has 2 unspecified atom stereocenters. The lowest BCUT2D eigenvalue weighted by Gasteiger charge is -2.13. The minimum Gasteiger partial charge on any atom is -0.399 e. The van der Waals surface area contributed by atoms with Gasteiger partial charge in [0.05, 0.1) is 6.10 Å². The predicted molar refractivity (Wildman–Crippen MR) is 60.5 cm³/mol. The average Bonchev–Trinajstić information content (AvgIpc) is 2.57. The van der Waals surface area contributed by atoms with Crippen molar-refractivity contribution in [3.8, 4) is 0 Å². The molecular weight excluding hydrogens is 213 g/mol. The van der Waals surface area contributed by atoms with E-state index in [-0.39, 0.29) is 11.9 Å². The molecule has 2 N–H and O–H groups in total. The molecule has 1 saturated heterocycles. The van der Waals surface area contributed by atoms with Gasteiger partial charge in [0.2, 0.25) is 0 Å². The van der Waals surface area contributed by atoms with Gasteiger partial charge in [-0.05, 0) is 31.5 Å². The third-order valence-corrected chi connectivity index (χ3v) is 4.05. The van der Waals surface area contributed by atoms with Crippen molar-refractivity contribution in [1.29, 1.82) is 0 Å². The topological polar surface area (TPSA) is 35.2 Å². The van der Waals surface area contributed by atoms with E-state index in [9.17, 15) is 4.39 Å². The molecule has 0 spiro atoms. The first-order valence-electron chi connectivity index (χ1n) is 5.00. The van der Waals surface area contributed by atoms with Crippen LogP contribution in [0, 0.1) is 5.82 Å².